The summed E-state index contributed by atoms with van der Waals surface area (Å²) in [5.41, 5.74) is 0. The second-order valence-electron chi connectivity index (χ2n) is 4.01. The van der Waals surface area contributed by atoms with Gasteiger partial charge < -0.3 is 4.52 Å². The molecule has 82 valence electrons. The highest BCUT2D eigenvalue weighted by atomic mass is 16.5. The lowest BCUT2D eigenvalue weighted by Gasteiger charge is -2.29. The molecule has 0 amide bonds. The highest BCUT2D eigenvalue weighted by Crippen LogP contribution is 2.27. The van der Waals surface area contributed by atoms with Crippen LogP contribution in [0.5, 0.6) is 0 Å². The number of ketones is 1. The largest absolute Gasteiger partial charge is 0.331 e. The van der Waals surface area contributed by atoms with Crippen molar-refractivity contribution in [2.24, 2.45) is 0 Å². The summed E-state index contributed by atoms with van der Waals surface area (Å²) < 4.78 is 4.89. The molecule has 1 saturated heterocycles. The Hall–Kier alpha value is -1.23. The third kappa shape index (κ3) is 2.07. The molecule has 2 rings (SSSR count). The van der Waals surface area contributed by atoms with E-state index in [-0.39, 0.29) is 17.7 Å². The molecule has 0 spiro atoms. The average molecular weight is 209 g/mol. The maximum atomic E-state index is 11.0. The van der Waals surface area contributed by atoms with Crippen molar-refractivity contribution in [3.63, 3.8) is 0 Å². The molecule has 2 heterocycles. The highest BCUT2D eigenvalue weighted by Gasteiger charge is 2.25. The highest BCUT2D eigenvalue weighted by molar-refractivity contribution is 5.89. The van der Waals surface area contributed by atoms with E-state index in [4.69, 9.17) is 4.52 Å². The Balaban J connectivity index is 2.17. The van der Waals surface area contributed by atoms with Crippen molar-refractivity contribution in [3.05, 3.63) is 11.7 Å². The van der Waals surface area contributed by atoms with E-state index in [1.807, 2.05) is 7.05 Å². The second kappa shape index (κ2) is 4.10. The first-order chi connectivity index (χ1) is 7.18. The number of aromatic nitrogens is 2. The number of Topliss-reactive ketones (excluding diaryl/α,β-unsaturated/α-hetero) is 1. The molecule has 0 bridgehead atoms. The van der Waals surface area contributed by atoms with Crippen LogP contribution in [0.3, 0.4) is 0 Å². The van der Waals surface area contributed by atoms with Gasteiger partial charge in [-0.2, -0.15) is 4.98 Å². The van der Waals surface area contributed by atoms with E-state index < -0.39 is 0 Å². The molecule has 1 aromatic heterocycles. The van der Waals surface area contributed by atoms with Crippen molar-refractivity contribution in [2.75, 3.05) is 13.6 Å². The van der Waals surface area contributed by atoms with E-state index in [0.29, 0.717) is 5.82 Å². The predicted molar refractivity (Wildman–Crippen MR) is 53.5 cm³/mol. The van der Waals surface area contributed by atoms with Crippen LogP contribution in [0.15, 0.2) is 4.52 Å². The Bertz CT molecular complexity index is 361. The summed E-state index contributed by atoms with van der Waals surface area (Å²) in [6.45, 7) is 2.48. The van der Waals surface area contributed by atoms with Gasteiger partial charge in [-0.15, -0.1) is 0 Å². The molecule has 1 atom stereocenters. The molecule has 5 heteroatoms. The van der Waals surface area contributed by atoms with E-state index >= 15 is 0 Å². The zero-order chi connectivity index (χ0) is 10.8. The van der Waals surface area contributed by atoms with Gasteiger partial charge in [0.15, 0.2) is 5.82 Å². The van der Waals surface area contributed by atoms with Gasteiger partial charge in [-0.05, 0) is 26.4 Å². The Kier molecular flexibility index (Phi) is 2.81. The fourth-order valence-corrected chi connectivity index (χ4v) is 1.91. The van der Waals surface area contributed by atoms with Crippen LogP contribution in [0.4, 0.5) is 0 Å². The minimum absolute atomic E-state index is 0.115. The van der Waals surface area contributed by atoms with Crippen LogP contribution in [0.25, 0.3) is 0 Å². The summed E-state index contributed by atoms with van der Waals surface area (Å²) in [6, 6.07) is 0.204. The molecule has 1 aliphatic rings. The topological polar surface area (TPSA) is 59.2 Å². The molecular weight excluding hydrogens is 194 g/mol. The molecule has 1 aromatic rings. The minimum atomic E-state index is -0.174. The van der Waals surface area contributed by atoms with Crippen LogP contribution in [0.1, 0.15) is 48.7 Å². The summed E-state index contributed by atoms with van der Waals surface area (Å²) >= 11 is 0. The number of hydrogen-bond acceptors (Lipinski definition) is 5. The van der Waals surface area contributed by atoms with E-state index in [0.717, 1.165) is 13.0 Å². The van der Waals surface area contributed by atoms with Gasteiger partial charge in [0.05, 0.1) is 6.04 Å². The molecule has 0 aromatic carbocycles. The summed E-state index contributed by atoms with van der Waals surface area (Å²) in [5, 5.41) is 3.86. The fraction of sp³-hybridized carbons (Fsp3) is 0.700. The van der Waals surface area contributed by atoms with Gasteiger partial charge in [-0.1, -0.05) is 11.6 Å². The Morgan fingerprint density at radius 1 is 1.53 bits per heavy atom. The molecule has 5 nitrogen and oxygen atoms in total. The zero-order valence-corrected chi connectivity index (χ0v) is 9.06. The lowest BCUT2D eigenvalue weighted by molar-refractivity contribution is 0.0972. The number of nitrogens with zero attached hydrogens (tertiary/aromatic N) is 3. The molecule has 0 N–H and O–H groups in total. The third-order valence-corrected chi connectivity index (χ3v) is 2.81. The molecule has 1 fully saturated rings. The summed E-state index contributed by atoms with van der Waals surface area (Å²) in [4.78, 5) is 17.3. The molecule has 0 aliphatic carbocycles. The van der Waals surface area contributed by atoms with Crippen LogP contribution < -0.4 is 0 Å². The first kappa shape index (κ1) is 10.3. The lowest BCUT2D eigenvalue weighted by atomic mass is 10.0. The van der Waals surface area contributed by atoms with Gasteiger partial charge in [0.1, 0.15) is 0 Å². The van der Waals surface area contributed by atoms with Crippen LogP contribution in [-0.2, 0) is 0 Å². The number of rotatable bonds is 2. The van der Waals surface area contributed by atoms with Gasteiger partial charge in [0.25, 0.3) is 5.89 Å². The van der Waals surface area contributed by atoms with Crippen molar-refractivity contribution in [2.45, 2.75) is 32.2 Å². The number of carbonyl (C=O) groups is 1. The zero-order valence-electron chi connectivity index (χ0n) is 9.06. The van der Waals surface area contributed by atoms with Crippen molar-refractivity contribution in [1.29, 1.82) is 0 Å². The van der Waals surface area contributed by atoms with Gasteiger partial charge in [0, 0.05) is 6.92 Å². The molecule has 15 heavy (non-hydrogen) atoms. The standard InChI is InChI=1S/C10H15N3O2/c1-7(14)10-11-9(12-15-10)8-5-3-4-6-13(8)2/h8H,3-6H2,1-2H3. The molecule has 1 unspecified atom stereocenters. The molecular formula is C10H15N3O2. The van der Waals surface area contributed by atoms with E-state index in [9.17, 15) is 4.79 Å². The summed E-state index contributed by atoms with van der Waals surface area (Å²) in [5.74, 6) is 0.582. The lowest BCUT2D eigenvalue weighted by Crippen LogP contribution is -2.30. The van der Waals surface area contributed by atoms with Crippen molar-refractivity contribution >= 4 is 5.78 Å². The average Bonchev–Trinajstić information content (AvgIpc) is 2.67. The van der Waals surface area contributed by atoms with Crippen molar-refractivity contribution < 1.29 is 9.32 Å². The van der Waals surface area contributed by atoms with E-state index in [1.165, 1.54) is 19.8 Å². The smallest absolute Gasteiger partial charge is 0.293 e. The molecule has 0 radical (unpaired) electrons. The number of hydrogen-bond donors (Lipinski definition) is 0. The van der Waals surface area contributed by atoms with Gasteiger partial charge in [-0.25, -0.2) is 0 Å². The number of likely N-dealkylation sites (tertiary alicyclic amines) is 1. The van der Waals surface area contributed by atoms with Crippen LogP contribution in [-0.4, -0.2) is 34.4 Å². The normalized spacial score (nSPS) is 22.9. The second-order valence-corrected chi connectivity index (χ2v) is 4.01. The maximum absolute atomic E-state index is 11.0. The van der Waals surface area contributed by atoms with Gasteiger partial charge >= 0.3 is 0 Å². The first-order valence-corrected chi connectivity index (χ1v) is 5.23. The first-order valence-electron chi connectivity index (χ1n) is 5.23. The number of carbonyl (C=O) groups excluding carboxylic acids is 1. The van der Waals surface area contributed by atoms with Crippen molar-refractivity contribution in [3.8, 4) is 0 Å². The Labute approximate surface area is 88.5 Å². The Morgan fingerprint density at radius 2 is 2.33 bits per heavy atom. The quantitative estimate of drug-likeness (QED) is 0.689. The van der Waals surface area contributed by atoms with Gasteiger partial charge in [-0.3, -0.25) is 9.69 Å². The third-order valence-electron chi connectivity index (χ3n) is 2.81. The Morgan fingerprint density at radius 3 is 2.93 bits per heavy atom. The summed E-state index contributed by atoms with van der Waals surface area (Å²) in [7, 11) is 2.05. The van der Waals surface area contributed by atoms with E-state index in [2.05, 4.69) is 15.0 Å². The maximum Gasteiger partial charge on any atom is 0.293 e. The fourth-order valence-electron chi connectivity index (χ4n) is 1.91. The molecule has 1 aliphatic heterocycles. The summed E-state index contributed by atoms with van der Waals surface area (Å²) in [6.07, 6.45) is 3.43. The SMILES string of the molecule is CC(=O)c1nc(C2CCCCN2C)no1. The predicted octanol–water partition coefficient (Wildman–Crippen LogP) is 1.43. The van der Waals surface area contributed by atoms with Gasteiger partial charge in [0.2, 0.25) is 5.78 Å². The van der Waals surface area contributed by atoms with E-state index in [1.54, 1.807) is 0 Å². The number of piperidine rings is 1. The van der Waals surface area contributed by atoms with Crippen LogP contribution in [0, 0.1) is 0 Å². The monoisotopic (exact) mass is 209 g/mol. The van der Waals surface area contributed by atoms with Crippen LogP contribution >= 0.6 is 0 Å². The minimum Gasteiger partial charge on any atom is -0.331 e. The molecule has 0 saturated carbocycles. The van der Waals surface area contributed by atoms with Crippen LogP contribution in [0.2, 0.25) is 0 Å². The van der Waals surface area contributed by atoms with Crippen molar-refractivity contribution in [1.82, 2.24) is 15.0 Å².